The third-order valence-corrected chi connectivity index (χ3v) is 3.60. The van der Waals surface area contributed by atoms with E-state index in [2.05, 4.69) is 21.2 Å². The Balaban J connectivity index is 2.40. The Morgan fingerprint density at radius 1 is 1.23 bits per heavy atom. The smallest absolute Gasteiger partial charge is 0.328 e. The van der Waals surface area contributed by atoms with Crippen LogP contribution >= 0.6 is 15.9 Å². The quantitative estimate of drug-likeness (QED) is 0.640. The molecule has 1 aromatic carbocycles. The lowest BCUT2D eigenvalue weighted by Gasteiger charge is -2.13. The summed E-state index contributed by atoms with van der Waals surface area (Å²) in [5, 5.41) is 2.52. The van der Waals surface area contributed by atoms with E-state index < -0.39 is 6.03 Å². The van der Waals surface area contributed by atoms with Gasteiger partial charge in [-0.1, -0.05) is 0 Å². The molecule has 0 atom stereocenters. The summed E-state index contributed by atoms with van der Waals surface area (Å²) < 4.78 is 11.9. The van der Waals surface area contributed by atoms with Crippen LogP contribution in [0.15, 0.2) is 22.3 Å². The van der Waals surface area contributed by atoms with Crippen LogP contribution < -0.4 is 14.8 Å². The number of amides is 3. The average Bonchev–Trinajstić information content (AvgIpc) is 2.70. The molecule has 0 unspecified atom stereocenters. The largest absolute Gasteiger partial charge is 0.490 e. The summed E-state index contributed by atoms with van der Waals surface area (Å²) in [6.07, 6.45) is 1.60. The number of rotatable bonds is 5. The highest BCUT2D eigenvalue weighted by Crippen LogP contribution is 2.37. The third kappa shape index (κ3) is 3.24. The summed E-state index contributed by atoms with van der Waals surface area (Å²) in [5.41, 5.74) is 0.948. The van der Waals surface area contributed by atoms with Gasteiger partial charge in [-0.15, -0.1) is 0 Å². The SMILES string of the molecule is CCOc1cc(/C=C2/NC(=O)N(C)C2=O)cc(Br)c1OCC. The molecule has 0 aliphatic carbocycles. The number of halogens is 1. The standard InChI is InChI=1S/C15H17BrN2O4/c1-4-21-12-8-9(6-10(16)13(12)22-5-2)7-11-14(19)18(3)15(20)17-11/h6-8H,4-5H2,1-3H3,(H,17,20)/b11-7+. The minimum atomic E-state index is -0.439. The fourth-order valence-corrected chi connectivity index (χ4v) is 2.58. The topological polar surface area (TPSA) is 67.9 Å². The number of carbonyl (C=O) groups excluding carboxylic acids is 2. The van der Waals surface area contributed by atoms with E-state index >= 15 is 0 Å². The number of urea groups is 1. The van der Waals surface area contributed by atoms with E-state index in [4.69, 9.17) is 9.47 Å². The summed E-state index contributed by atoms with van der Waals surface area (Å²) in [4.78, 5) is 24.4. The molecule has 22 heavy (non-hydrogen) atoms. The van der Waals surface area contributed by atoms with Crippen LogP contribution in [0.2, 0.25) is 0 Å². The maximum atomic E-state index is 11.9. The maximum Gasteiger partial charge on any atom is 0.328 e. The average molecular weight is 369 g/mol. The highest BCUT2D eigenvalue weighted by Gasteiger charge is 2.30. The molecule has 7 heteroatoms. The molecule has 0 radical (unpaired) electrons. The Hall–Kier alpha value is -2.02. The van der Waals surface area contributed by atoms with E-state index in [0.29, 0.717) is 24.7 Å². The predicted molar refractivity (Wildman–Crippen MR) is 85.8 cm³/mol. The molecule has 0 aromatic heterocycles. The second-order valence-corrected chi connectivity index (χ2v) is 5.40. The minimum Gasteiger partial charge on any atom is -0.490 e. The Morgan fingerprint density at radius 2 is 1.91 bits per heavy atom. The Kier molecular flexibility index (Phi) is 5.07. The van der Waals surface area contributed by atoms with Crippen molar-refractivity contribution < 1.29 is 19.1 Å². The fraction of sp³-hybridized carbons (Fsp3) is 0.333. The molecule has 1 aliphatic heterocycles. The van der Waals surface area contributed by atoms with E-state index in [9.17, 15) is 9.59 Å². The number of likely N-dealkylation sites (N-methyl/N-ethyl adjacent to an activating group) is 1. The second kappa shape index (κ2) is 6.83. The lowest BCUT2D eigenvalue weighted by Crippen LogP contribution is -2.25. The number of nitrogens with one attached hydrogen (secondary N) is 1. The van der Waals surface area contributed by atoms with Crippen LogP contribution in [-0.4, -0.2) is 37.1 Å². The minimum absolute atomic E-state index is 0.228. The van der Waals surface area contributed by atoms with Crippen LogP contribution in [0, 0.1) is 0 Å². The number of carbonyl (C=O) groups is 2. The van der Waals surface area contributed by atoms with Crippen molar-refractivity contribution in [2.45, 2.75) is 13.8 Å². The van der Waals surface area contributed by atoms with Gasteiger partial charge in [-0.25, -0.2) is 4.79 Å². The monoisotopic (exact) mass is 368 g/mol. The predicted octanol–water partition coefficient (Wildman–Crippen LogP) is 2.77. The van der Waals surface area contributed by atoms with Gasteiger partial charge in [-0.05, 0) is 53.5 Å². The molecule has 118 valence electrons. The molecule has 0 saturated carbocycles. The molecule has 0 bridgehead atoms. The molecule has 1 saturated heterocycles. The molecule has 2 rings (SSSR count). The van der Waals surface area contributed by atoms with E-state index in [1.165, 1.54) is 7.05 Å². The molecule has 1 N–H and O–H groups in total. The highest BCUT2D eigenvalue weighted by molar-refractivity contribution is 9.10. The van der Waals surface area contributed by atoms with E-state index in [-0.39, 0.29) is 11.6 Å². The number of nitrogens with zero attached hydrogens (tertiary/aromatic N) is 1. The molecular formula is C15H17BrN2O4. The van der Waals surface area contributed by atoms with Crippen molar-refractivity contribution in [3.05, 3.63) is 27.9 Å². The van der Waals surface area contributed by atoms with Crippen LogP contribution in [-0.2, 0) is 4.79 Å². The van der Waals surface area contributed by atoms with E-state index in [0.717, 1.165) is 14.9 Å². The molecule has 6 nitrogen and oxygen atoms in total. The second-order valence-electron chi connectivity index (χ2n) is 4.55. The van der Waals surface area contributed by atoms with Crippen molar-refractivity contribution in [2.24, 2.45) is 0 Å². The van der Waals surface area contributed by atoms with Gasteiger partial charge < -0.3 is 14.8 Å². The van der Waals surface area contributed by atoms with Crippen molar-refractivity contribution in [3.8, 4) is 11.5 Å². The van der Waals surface area contributed by atoms with Gasteiger partial charge in [-0.2, -0.15) is 0 Å². The van der Waals surface area contributed by atoms with Crippen molar-refractivity contribution in [1.82, 2.24) is 10.2 Å². The van der Waals surface area contributed by atoms with Gasteiger partial charge in [0.2, 0.25) is 0 Å². The summed E-state index contributed by atoms with van der Waals surface area (Å²) in [6.45, 7) is 4.77. The number of ether oxygens (including phenoxy) is 2. The normalized spacial score (nSPS) is 16.2. The zero-order chi connectivity index (χ0) is 16.3. The molecule has 1 aromatic rings. The van der Waals surface area contributed by atoms with Gasteiger partial charge in [0.05, 0.1) is 17.7 Å². The van der Waals surface area contributed by atoms with Crippen LogP contribution in [0.25, 0.3) is 6.08 Å². The van der Waals surface area contributed by atoms with Crippen molar-refractivity contribution in [2.75, 3.05) is 20.3 Å². The first-order chi connectivity index (χ1) is 10.5. The Labute approximate surface area is 137 Å². The van der Waals surface area contributed by atoms with Crippen LogP contribution in [0.1, 0.15) is 19.4 Å². The van der Waals surface area contributed by atoms with Gasteiger partial charge in [0.15, 0.2) is 11.5 Å². The van der Waals surface area contributed by atoms with Gasteiger partial charge in [0.25, 0.3) is 5.91 Å². The van der Waals surface area contributed by atoms with Crippen LogP contribution in [0.4, 0.5) is 4.79 Å². The van der Waals surface area contributed by atoms with Crippen molar-refractivity contribution in [3.63, 3.8) is 0 Å². The van der Waals surface area contributed by atoms with Gasteiger partial charge in [0.1, 0.15) is 5.70 Å². The zero-order valence-corrected chi connectivity index (χ0v) is 14.2. The van der Waals surface area contributed by atoms with Crippen molar-refractivity contribution >= 4 is 33.9 Å². The van der Waals surface area contributed by atoms with E-state index in [1.807, 2.05) is 13.8 Å². The van der Waals surface area contributed by atoms with Crippen LogP contribution in [0.3, 0.4) is 0 Å². The first-order valence-corrected chi connectivity index (χ1v) is 7.67. The van der Waals surface area contributed by atoms with Crippen molar-refractivity contribution in [1.29, 1.82) is 0 Å². The first kappa shape index (κ1) is 16.4. The molecule has 1 fully saturated rings. The van der Waals surface area contributed by atoms with E-state index in [1.54, 1.807) is 18.2 Å². The lowest BCUT2D eigenvalue weighted by atomic mass is 10.1. The van der Waals surface area contributed by atoms with Crippen LogP contribution in [0.5, 0.6) is 11.5 Å². The summed E-state index contributed by atoms with van der Waals surface area (Å²) in [7, 11) is 1.43. The Bertz CT molecular complexity index is 643. The molecule has 1 aliphatic rings. The molecular weight excluding hydrogens is 352 g/mol. The maximum absolute atomic E-state index is 11.9. The lowest BCUT2D eigenvalue weighted by molar-refractivity contribution is -0.121. The number of hydrogen-bond donors (Lipinski definition) is 1. The summed E-state index contributed by atoms with van der Waals surface area (Å²) in [6, 6.07) is 3.13. The number of benzene rings is 1. The molecule has 0 spiro atoms. The Morgan fingerprint density at radius 3 is 2.45 bits per heavy atom. The highest BCUT2D eigenvalue weighted by atomic mass is 79.9. The number of hydrogen-bond acceptors (Lipinski definition) is 4. The summed E-state index contributed by atoms with van der Waals surface area (Å²) >= 11 is 3.44. The van der Waals surface area contributed by atoms with Gasteiger partial charge >= 0.3 is 6.03 Å². The molecule has 1 heterocycles. The first-order valence-electron chi connectivity index (χ1n) is 6.87. The third-order valence-electron chi connectivity index (χ3n) is 3.01. The fourth-order valence-electron chi connectivity index (χ4n) is 2.01. The van der Waals surface area contributed by atoms with Gasteiger partial charge in [0, 0.05) is 7.05 Å². The number of imide groups is 1. The summed E-state index contributed by atoms with van der Waals surface area (Å²) in [5.74, 6) is 0.828. The molecule has 3 amide bonds. The zero-order valence-electron chi connectivity index (χ0n) is 12.6. The van der Waals surface area contributed by atoms with Gasteiger partial charge in [-0.3, -0.25) is 9.69 Å².